The Labute approximate surface area is 143 Å². The first-order chi connectivity index (χ1) is 11.9. The summed E-state index contributed by atoms with van der Waals surface area (Å²) in [6, 6.07) is 4.36. The molecule has 10 nitrogen and oxygen atoms in total. The smallest absolute Gasteiger partial charge is 0.319 e. The van der Waals surface area contributed by atoms with Crippen molar-refractivity contribution < 1.29 is 39.8 Å². The number of methoxy groups -OCH3 is 1. The average Bonchev–Trinajstić information content (AvgIpc) is 2.61. The van der Waals surface area contributed by atoms with Crippen molar-refractivity contribution in [3.8, 4) is 5.75 Å². The molecule has 1 aromatic carbocycles. The maximum absolute atomic E-state index is 12.0. The lowest BCUT2D eigenvalue weighted by atomic mass is 9.94. The predicted octanol–water partition coefficient (Wildman–Crippen LogP) is -2.02. The molecule has 1 aliphatic rings. The summed E-state index contributed by atoms with van der Waals surface area (Å²) in [4.78, 5) is 12.0. The number of ether oxygens (including phenoxy) is 2. The molecule has 1 aliphatic heterocycles. The fourth-order valence-electron chi connectivity index (χ4n) is 2.47. The van der Waals surface area contributed by atoms with Gasteiger partial charge in [-0.2, -0.15) is 0 Å². The highest BCUT2D eigenvalue weighted by atomic mass is 16.6. The van der Waals surface area contributed by atoms with Crippen LogP contribution in [0.5, 0.6) is 5.75 Å². The summed E-state index contributed by atoms with van der Waals surface area (Å²) in [7, 11) is 1.51. The second kappa shape index (κ2) is 8.43. The highest BCUT2D eigenvalue weighted by molar-refractivity contribution is 5.89. The summed E-state index contributed by atoms with van der Waals surface area (Å²) in [6.07, 6.45) is -7.80. The Morgan fingerprint density at radius 2 is 1.88 bits per heavy atom. The first-order valence-electron chi connectivity index (χ1n) is 7.57. The van der Waals surface area contributed by atoms with E-state index in [0.717, 1.165) is 0 Å². The maximum Gasteiger partial charge on any atom is 0.319 e. The van der Waals surface area contributed by atoms with E-state index in [1.165, 1.54) is 7.11 Å². The van der Waals surface area contributed by atoms with Crippen molar-refractivity contribution in [1.29, 1.82) is 0 Å². The number of hydrogen-bond acceptors (Lipinski definition) is 8. The maximum atomic E-state index is 12.0. The number of anilines is 1. The molecular formula is C15H22N2O8. The second-order valence-electron chi connectivity index (χ2n) is 5.58. The number of nitrogens with one attached hydrogen (secondary N) is 2. The van der Waals surface area contributed by atoms with Gasteiger partial charge in [0.05, 0.1) is 13.7 Å². The lowest BCUT2D eigenvalue weighted by Crippen LogP contribution is -2.66. The number of carbonyl (C=O) groups excluding carboxylic acids is 1. The van der Waals surface area contributed by atoms with Crippen LogP contribution in [0.2, 0.25) is 0 Å². The zero-order chi connectivity index (χ0) is 18.6. The van der Waals surface area contributed by atoms with Crippen molar-refractivity contribution >= 4 is 11.7 Å². The highest BCUT2D eigenvalue weighted by Crippen LogP contribution is 2.22. The molecule has 6 atom stereocenters. The molecule has 1 fully saturated rings. The van der Waals surface area contributed by atoms with Gasteiger partial charge in [-0.05, 0) is 24.3 Å². The zero-order valence-electron chi connectivity index (χ0n) is 13.4. The molecule has 0 aliphatic carbocycles. The molecule has 140 valence electrons. The molecule has 1 saturated heterocycles. The number of rotatable bonds is 5. The number of amides is 2. The molecule has 1 aromatic rings. The van der Waals surface area contributed by atoms with Gasteiger partial charge in [0.25, 0.3) is 0 Å². The van der Waals surface area contributed by atoms with E-state index in [4.69, 9.17) is 14.6 Å². The molecule has 7 N–H and O–H groups in total. The molecular weight excluding hydrogens is 336 g/mol. The van der Waals surface area contributed by atoms with Crippen molar-refractivity contribution in [2.75, 3.05) is 19.0 Å². The molecule has 0 saturated carbocycles. The highest BCUT2D eigenvalue weighted by Gasteiger charge is 2.46. The first-order valence-corrected chi connectivity index (χ1v) is 7.57. The van der Waals surface area contributed by atoms with Gasteiger partial charge in [0.15, 0.2) is 6.29 Å². The van der Waals surface area contributed by atoms with Gasteiger partial charge in [0.2, 0.25) is 0 Å². The fraction of sp³-hybridized carbons (Fsp3) is 0.533. The lowest BCUT2D eigenvalue weighted by molar-refractivity contribution is -0.267. The summed E-state index contributed by atoms with van der Waals surface area (Å²) >= 11 is 0. The fourth-order valence-corrected chi connectivity index (χ4v) is 2.47. The molecule has 0 aromatic heterocycles. The lowest BCUT2D eigenvalue weighted by Gasteiger charge is -2.42. The Morgan fingerprint density at radius 3 is 2.44 bits per heavy atom. The van der Waals surface area contributed by atoms with Crippen LogP contribution in [0.15, 0.2) is 24.3 Å². The Hall–Kier alpha value is -1.95. The zero-order valence-corrected chi connectivity index (χ0v) is 13.4. The minimum Gasteiger partial charge on any atom is -0.497 e. The van der Waals surface area contributed by atoms with Crippen LogP contribution in [-0.4, -0.2) is 82.0 Å². The van der Waals surface area contributed by atoms with E-state index in [2.05, 4.69) is 10.6 Å². The van der Waals surface area contributed by atoms with E-state index in [-0.39, 0.29) is 0 Å². The summed E-state index contributed by atoms with van der Waals surface area (Å²) in [5, 5.41) is 53.1. The summed E-state index contributed by atoms with van der Waals surface area (Å²) in [6.45, 7) is -0.725. The number of hydrogen-bond donors (Lipinski definition) is 7. The number of carbonyl (C=O) groups is 1. The van der Waals surface area contributed by atoms with Gasteiger partial charge in [-0.1, -0.05) is 0 Å². The summed E-state index contributed by atoms with van der Waals surface area (Å²) in [5.41, 5.74) is 0.438. The summed E-state index contributed by atoms with van der Waals surface area (Å²) in [5.74, 6) is 0.606. The van der Waals surface area contributed by atoms with Crippen LogP contribution in [0.3, 0.4) is 0 Å². The van der Waals surface area contributed by atoms with Crippen LogP contribution in [0.1, 0.15) is 0 Å². The first kappa shape index (κ1) is 19.4. The van der Waals surface area contributed by atoms with Crippen molar-refractivity contribution in [1.82, 2.24) is 5.32 Å². The molecule has 2 amide bonds. The number of urea groups is 1. The quantitative estimate of drug-likeness (QED) is 0.317. The molecule has 0 spiro atoms. The van der Waals surface area contributed by atoms with Crippen molar-refractivity contribution in [3.05, 3.63) is 24.3 Å². The minimum absolute atomic E-state index is 0.438. The molecule has 10 heteroatoms. The second-order valence-corrected chi connectivity index (χ2v) is 5.58. The SMILES string of the molecule is COc1ccc(NC(=O)N[C@H]2[C@H](O)[C@@H](O)[C@H]([C@H](O)CO)O[C@H]2O)cc1. The molecule has 0 bridgehead atoms. The van der Waals surface area contributed by atoms with Crippen molar-refractivity contribution in [3.63, 3.8) is 0 Å². The van der Waals surface area contributed by atoms with Crippen molar-refractivity contribution in [2.45, 2.75) is 36.7 Å². The third kappa shape index (κ3) is 4.57. The Morgan fingerprint density at radius 1 is 1.24 bits per heavy atom. The van der Waals surface area contributed by atoms with Gasteiger partial charge in [0.1, 0.15) is 36.2 Å². The predicted molar refractivity (Wildman–Crippen MR) is 84.9 cm³/mol. The van der Waals surface area contributed by atoms with E-state index in [9.17, 15) is 25.2 Å². The van der Waals surface area contributed by atoms with E-state index >= 15 is 0 Å². The van der Waals surface area contributed by atoms with Gasteiger partial charge in [-0.25, -0.2) is 4.79 Å². The van der Waals surface area contributed by atoms with E-state index < -0.39 is 49.4 Å². The molecule has 1 heterocycles. The topological polar surface area (TPSA) is 161 Å². The monoisotopic (exact) mass is 358 g/mol. The van der Waals surface area contributed by atoms with Gasteiger partial charge >= 0.3 is 6.03 Å². The summed E-state index contributed by atoms with van der Waals surface area (Å²) < 4.78 is 9.99. The van der Waals surface area contributed by atoms with Crippen LogP contribution >= 0.6 is 0 Å². The molecule has 2 rings (SSSR count). The van der Waals surface area contributed by atoms with E-state index in [0.29, 0.717) is 11.4 Å². The molecule has 25 heavy (non-hydrogen) atoms. The Kier molecular flexibility index (Phi) is 6.53. The minimum atomic E-state index is -1.69. The van der Waals surface area contributed by atoms with Crippen LogP contribution in [-0.2, 0) is 4.74 Å². The number of aliphatic hydroxyl groups excluding tert-OH is 5. The number of aliphatic hydroxyl groups is 5. The van der Waals surface area contributed by atoms with Gasteiger partial charge in [0, 0.05) is 5.69 Å². The molecule has 0 unspecified atom stereocenters. The standard InChI is InChI=1S/C15H22N2O8/c1-24-8-4-2-7(3-5-8)16-15(23)17-10-11(20)12(21)13(9(19)6-18)25-14(10)22/h2-5,9-14,18-22H,6H2,1H3,(H2,16,17,23)/t9-,10+,11+,12-,13+,14-/m1/s1. The van der Waals surface area contributed by atoms with Crippen LogP contribution < -0.4 is 15.4 Å². The third-order valence-corrected chi connectivity index (χ3v) is 3.87. The van der Waals surface area contributed by atoms with Gasteiger partial charge < -0.3 is 45.6 Å². The van der Waals surface area contributed by atoms with E-state index in [1.54, 1.807) is 24.3 Å². The van der Waals surface area contributed by atoms with Crippen LogP contribution in [0, 0.1) is 0 Å². The largest absolute Gasteiger partial charge is 0.497 e. The normalized spacial score (nSPS) is 30.4. The Bertz CT molecular complexity index is 569. The molecule has 0 radical (unpaired) electrons. The van der Waals surface area contributed by atoms with Crippen LogP contribution in [0.25, 0.3) is 0 Å². The van der Waals surface area contributed by atoms with E-state index in [1.807, 2.05) is 0 Å². The third-order valence-electron chi connectivity index (χ3n) is 3.87. The van der Waals surface area contributed by atoms with Gasteiger partial charge in [-0.15, -0.1) is 0 Å². The number of benzene rings is 1. The van der Waals surface area contributed by atoms with Crippen LogP contribution in [0.4, 0.5) is 10.5 Å². The van der Waals surface area contributed by atoms with Gasteiger partial charge in [-0.3, -0.25) is 0 Å². The van der Waals surface area contributed by atoms with Crippen molar-refractivity contribution in [2.24, 2.45) is 0 Å². The average molecular weight is 358 g/mol. The Balaban J connectivity index is 1.97.